The molecule has 1 aromatic carbocycles. The van der Waals surface area contributed by atoms with Crippen molar-refractivity contribution in [3.05, 3.63) is 28.2 Å². The molecular formula is C9H10Cl3N. The van der Waals surface area contributed by atoms with Crippen LogP contribution in [0.2, 0.25) is 10.0 Å². The minimum absolute atomic E-state index is 0.0485. The molecule has 4 heteroatoms. The molecule has 1 aromatic rings. The Morgan fingerprint density at radius 2 is 1.85 bits per heavy atom. The van der Waals surface area contributed by atoms with Crippen LogP contribution < -0.4 is 5.32 Å². The molecule has 0 heterocycles. The summed E-state index contributed by atoms with van der Waals surface area (Å²) in [6, 6.07) is 5.38. The van der Waals surface area contributed by atoms with Crippen LogP contribution in [0, 0.1) is 0 Å². The number of alkyl halides is 1. The van der Waals surface area contributed by atoms with Gasteiger partial charge in [-0.25, -0.2) is 0 Å². The quantitative estimate of drug-likeness (QED) is 0.784. The fourth-order valence-corrected chi connectivity index (χ4v) is 1.52. The Balaban J connectivity index is 2.75. The number of para-hydroxylation sites is 1. The highest BCUT2D eigenvalue weighted by Gasteiger charge is 2.05. The highest BCUT2D eigenvalue weighted by molar-refractivity contribution is 6.39. The zero-order valence-corrected chi connectivity index (χ0v) is 9.42. The SMILES string of the molecule is CC(Cl)CNc1c(Cl)cccc1Cl. The molecule has 0 fully saturated rings. The Kier molecular flexibility index (Phi) is 4.17. The van der Waals surface area contributed by atoms with Gasteiger partial charge in [0, 0.05) is 11.9 Å². The van der Waals surface area contributed by atoms with Crippen molar-refractivity contribution in [2.45, 2.75) is 12.3 Å². The van der Waals surface area contributed by atoms with Crippen LogP contribution in [0.3, 0.4) is 0 Å². The van der Waals surface area contributed by atoms with Gasteiger partial charge in [-0.3, -0.25) is 0 Å². The van der Waals surface area contributed by atoms with Gasteiger partial charge in [0.05, 0.1) is 15.7 Å². The van der Waals surface area contributed by atoms with Gasteiger partial charge in [-0.1, -0.05) is 29.3 Å². The summed E-state index contributed by atoms with van der Waals surface area (Å²) in [7, 11) is 0. The van der Waals surface area contributed by atoms with E-state index in [1.54, 1.807) is 18.2 Å². The Morgan fingerprint density at radius 3 is 2.31 bits per heavy atom. The third-order valence-electron chi connectivity index (χ3n) is 1.52. The first-order chi connectivity index (χ1) is 6.11. The molecule has 72 valence electrons. The summed E-state index contributed by atoms with van der Waals surface area (Å²) in [5.41, 5.74) is 0.748. The average Bonchev–Trinajstić information content (AvgIpc) is 2.03. The van der Waals surface area contributed by atoms with E-state index in [0.29, 0.717) is 16.6 Å². The third-order valence-corrected chi connectivity index (χ3v) is 2.31. The summed E-state index contributed by atoms with van der Waals surface area (Å²) >= 11 is 17.6. The van der Waals surface area contributed by atoms with E-state index in [1.807, 2.05) is 6.92 Å². The van der Waals surface area contributed by atoms with E-state index in [-0.39, 0.29) is 5.38 Å². The Bertz CT molecular complexity index is 266. The minimum Gasteiger partial charge on any atom is -0.381 e. The van der Waals surface area contributed by atoms with Crippen molar-refractivity contribution < 1.29 is 0 Å². The minimum atomic E-state index is 0.0485. The normalized spacial score (nSPS) is 12.6. The summed E-state index contributed by atoms with van der Waals surface area (Å²) in [4.78, 5) is 0. The monoisotopic (exact) mass is 237 g/mol. The second kappa shape index (κ2) is 4.94. The first-order valence-corrected chi connectivity index (χ1v) is 5.12. The van der Waals surface area contributed by atoms with E-state index < -0.39 is 0 Å². The smallest absolute Gasteiger partial charge is 0.0719 e. The van der Waals surface area contributed by atoms with E-state index in [0.717, 1.165) is 5.69 Å². The molecule has 0 saturated heterocycles. The van der Waals surface area contributed by atoms with E-state index in [4.69, 9.17) is 34.8 Å². The van der Waals surface area contributed by atoms with E-state index in [2.05, 4.69) is 5.32 Å². The van der Waals surface area contributed by atoms with Gasteiger partial charge in [-0.2, -0.15) is 0 Å². The zero-order valence-electron chi connectivity index (χ0n) is 7.15. The lowest BCUT2D eigenvalue weighted by molar-refractivity contribution is 0.989. The van der Waals surface area contributed by atoms with Crippen molar-refractivity contribution in [3.63, 3.8) is 0 Å². The largest absolute Gasteiger partial charge is 0.381 e. The maximum absolute atomic E-state index is 5.92. The molecule has 1 atom stereocenters. The van der Waals surface area contributed by atoms with Gasteiger partial charge in [0.15, 0.2) is 0 Å². The van der Waals surface area contributed by atoms with Gasteiger partial charge in [-0.15, -0.1) is 11.6 Å². The molecule has 1 nitrogen and oxygen atoms in total. The van der Waals surface area contributed by atoms with Crippen molar-refractivity contribution in [2.75, 3.05) is 11.9 Å². The van der Waals surface area contributed by atoms with Gasteiger partial charge in [0.1, 0.15) is 0 Å². The molecule has 0 aromatic heterocycles. The van der Waals surface area contributed by atoms with Gasteiger partial charge in [0.2, 0.25) is 0 Å². The van der Waals surface area contributed by atoms with Crippen LogP contribution in [0.5, 0.6) is 0 Å². The predicted molar refractivity (Wildman–Crippen MR) is 60.3 cm³/mol. The zero-order chi connectivity index (χ0) is 9.84. The summed E-state index contributed by atoms with van der Waals surface area (Å²) in [6.45, 7) is 2.55. The second-order valence-electron chi connectivity index (χ2n) is 2.76. The Labute approximate surface area is 93.0 Å². The van der Waals surface area contributed by atoms with E-state index in [9.17, 15) is 0 Å². The highest BCUT2D eigenvalue weighted by atomic mass is 35.5. The maximum Gasteiger partial charge on any atom is 0.0719 e. The van der Waals surface area contributed by atoms with Gasteiger partial charge >= 0.3 is 0 Å². The molecule has 0 spiro atoms. The summed E-state index contributed by atoms with van der Waals surface area (Å²) in [5.74, 6) is 0. The Hall–Kier alpha value is -0.110. The summed E-state index contributed by atoms with van der Waals surface area (Å²) in [5, 5.41) is 4.36. The molecule has 1 rings (SSSR count). The van der Waals surface area contributed by atoms with Crippen LogP contribution in [-0.4, -0.2) is 11.9 Å². The average molecular weight is 239 g/mol. The van der Waals surface area contributed by atoms with Crippen LogP contribution in [-0.2, 0) is 0 Å². The van der Waals surface area contributed by atoms with Crippen molar-refractivity contribution in [2.24, 2.45) is 0 Å². The number of halogens is 3. The van der Waals surface area contributed by atoms with Crippen LogP contribution in [0.25, 0.3) is 0 Å². The van der Waals surface area contributed by atoms with E-state index in [1.165, 1.54) is 0 Å². The van der Waals surface area contributed by atoms with Crippen LogP contribution in [0.4, 0.5) is 5.69 Å². The number of hydrogen-bond donors (Lipinski definition) is 1. The lowest BCUT2D eigenvalue weighted by Gasteiger charge is -2.10. The molecule has 0 aliphatic rings. The van der Waals surface area contributed by atoms with Crippen molar-refractivity contribution in [1.29, 1.82) is 0 Å². The first kappa shape index (κ1) is 11.0. The fraction of sp³-hybridized carbons (Fsp3) is 0.333. The molecule has 0 saturated carbocycles. The predicted octanol–water partition coefficient (Wildman–Crippen LogP) is 4.03. The standard InChI is InChI=1S/C9H10Cl3N/c1-6(10)5-13-9-7(11)3-2-4-8(9)12/h2-4,6,13H,5H2,1H3. The van der Waals surface area contributed by atoms with E-state index >= 15 is 0 Å². The summed E-state index contributed by atoms with van der Waals surface area (Å²) in [6.07, 6.45) is 0. The fourth-order valence-electron chi connectivity index (χ4n) is 0.909. The van der Waals surface area contributed by atoms with Crippen molar-refractivity contribution in [1.82, 2.24) is 0 Å². The van der Waals surface area contributed by atoms with Crippen LogP contribution in [0.15, 0.2) is 18.2 Å². The molecule has 13 heavy (non-hydrogen) atoms. The molecule has 1 N–H and O–H groups in total. The van der Waals surface area contributed by atoms with Gasteiger partial charge < -0.3 is 5.32 Å². The van der Waals surface area contributed by atoms with Gasteiger partial charge in [0.25, 0.3) is 0 Å². The van der Waals surface area contributed by atoms with Crippen molar-refractivity contribution in [3.8, 4) is 0 Å². The van der Waals surface area contributed by atoms with Crippen LogP contribution >= 0.6 is 34.8 Å². The lowest BCUT2D eigenvalue weighted by Crippen LogP contribution is -2.10. The lowest BCUT2D eigenvalue weighted by atomic mass is 10.3. The topological polar surface area (TPSA) is 12.0 Å². The summed E-state index contributed by atoms with van der Waals surface area (Å²) < 4.78 is 0. The maximum atomic E-state index is 5.92. The number of hydrogen-bond acceptors (Lipinski definition) is 1. The molecular weight excluding hydrogens is 228 g/mol. The first-order valence-electron chi connectivity index (χ1n) is 3.93. The molecule has 0 radical (unpaired) electrons. The molecule has 0 bridgehead atoms. The number of nitrogens with one attached hydrogen (secondary N) is 1. The van der Waals surface area contributed by atoms with Crippen LogP contribution in [0.1, 0.15) is 6.92 Å². The van der Waals surface area contributed by atoms with Gasteiger partial charge in [-0.05, 0) is 19.1 Å². The molecule has 0 aliphatic carbocycles. The number of rotatable bonds is 3. The number of benzene rings is 1. The number of anilines is 1. The molecule has 1 unspecified atom stereocenters. The van der Waals surface area contributed by atoms with Crippen molar-refractivity contribution >= 4 is 40.5 Å². The Morgan fingerprint density at radius 1 is 1.31 bits per heavy atom. The molecule has 0 amide bonds. The highest BCUT2D eigenvalue weighted by Crippen LogP contribution is 2.29. The second-order valence-corrected chi connectivity index (χ2v) is 4.32. The third kappa shape index (κ3) is 3.26. The molecule has 0 aliphatic heterocycles.